The van der Waals surface area contributed by atoms with Crippen LogP contribution in [0.15, 0.2) is 18.2 Å². The summed E-state index contributed by atoms with van der Waals surface area (Å²) in [5.74, 6) is 0.306. The summed E-state index contributed by atoms with van der Waals surface area (Å²) in [6.07, 6.45) is 3.67. The Labute approximate surface area is 172 Å². The number of carbonyl (C=O) groups excluding carboxylic acids is 2. The third kappa shape index (κ3) is 5.36. The normalized spacial score (nSPS) is 18.7. The van der Waals surface area contributed by atoms with E-state index in [1.165, 1.54) is 16.7 Å². The molecule has 4 heteroatoms. The average Bonchev–Trinajstić information content (AvgIpc) is 2.74. The van der Waals surface area contributed by atoms with E-state index >= 15 is 0 Å². The Kier molecular flexibility index (Phi) is 10.3. The topological polar surface area (TPSA) is 40.6 Å². The molecule has 2 amide bonds. The number of rotatable bonds is 4. The van der Waals surface area contributed by atoms with E-state index in [0.717, 1.165) is 32.2 Å². The molecule has 158 valence electrons. The summed E-state index contributed by atoms with van der Waals surface area (Å²) in [5.41, 5.74) is 3.77. The van der Waals surface area contributed by atoms with Gasteiger partial charge in [0, 0.05) is 19.0 Å². The predicted molar refractivity (Wildman–Crippen MR) is 117 cm³/mol. The van der Waals surface area contributed by atoms with Crippen molar-refractivity contribution in [2.45, 2.75) is 80.2 Å². The van der Waals surface area contributed by atoms with Gasteiger partial charge in [-0.25, -0.2) is 0 Å². The van der Waals surface area contributed by atoms with Crippen LogP contribution in [-0.2, 0) is 16.0 Å². The van der Waals surface area contributed by atoms with Gasteiger partial charge < -0.3 is 9.80 Å². The Morgan fingerprint density at radius 1 is 1.18 bits per heavy atom. The molecule has 3 rings (SSSR count). The fourth-order valence-electron chi connectivity index (χ4n) is 4.12. The van der Waals surface area contributed by atoms with Crippen LogP contribution in [0.5, 0.6) is 0 Å². The maximum Gasteiger partial charge on any atom is 0.242 e. The molecule has 1 saturated heterocycles. The highest BCUT2D eigenvalue weighted by atomic mass is 16.2. The lowest BCUT2D eigenvalue weighted by Crippen LogP contribution is -2.56. The number of fused-ring (bicyclic) bond motifs is 3. The van der Waals surface area contributed by atoms with Crippen LogP contribution >= 0.6 is 0 Å². The highest BCUT2D eigenvalue weighted by Crippen LogP contribution is 2.34. The SMILES string of the molecule is CC.CC.CCCC(CC)C(=O)N1CC(=O)N2CCc3ccc(C)cc3C2C1. The smallest absolute Gasteiger partial charge is 0.242 e. The molecule has 1 fully saturated rings. The monoisotopic (exact) mass is 388 g/mol. The molecule has 2 heterocycles. The Morgan fingerprint density at radius 2 is 1.86 bits per heavy atom. The number of aryl methyl sites for hydroxylation is 1. The first-order chi connectivity index (χ1) is 13.5. The fraction of sp³-hybridized carbons (Fsp3) is 0.667. The predicted octanol–water partition coefficient (Wildman–Crippen LogP) is 5.14. The van der Waals surface area contributed by atoms with Gasteiger partial charge in [0.2, 0.25) is 11.8 Å². The number of hydrogen-bond acceptors (Lipinski definition) is 2. The van der Waals surface area contributed by atoms with Crippen molar-refractivity contribution in [1.29, 1.82) is 0 Å². The zero-order valence-electron chi connectivity index (χ0n) is 19.0. The summed E-state index contributed by atoms with van der Waals surface area (Å²) < 4.78 is 0. The van der Waals surface area contributed by atoms with Crippen molar-refractivity contribution in [1.82, 2.24) is 9.80 Å². The number of hydrogen-bond donors (Lipinski definition) is 0. The van der Waals surface area contributed by atoms with Crippen molar-refractivity contribution in [2.75, 3.05) is 19.6 Å². The molecule has 0 bridgehead atoms. The Morgan fingerprint density at radius 3 is 2.46 bits per heavy atom. The van der Waals surface area contributed by atoms with Crippen molar-refractivity contribution in [3.8, 4) is 0 Å². The van der Waals surface area contributed by atoms with Gasteiger partial charge in [0.15, 0.2) is 0 Å². The van der Waals surface area contributed by atoms with Gasteiger partial charge in [-0.2, -0.15) is 0 Å². The van der Waals surface area contributed by atoms with E-state index in [0.29, 0.717) is 6.54 Å². The fourth-order valence-corrected chi connectivity index (χ4v) is 4.12. The molecule has 0 aromatic heterocycles. The molecule has 2 aliphatic heterocycles. The van der Waals surface area contributed by atoms with Gasteiger partial charge in [-0.15, -0.1) is 0 Å². The van der Waals surface area contributed by atoms with E-state index in [-0.39, 0.29) is 30.3 Å². The number of benzene rings is 1. The van der Waals surface area contributed by atoms with Crippen LogP contribution in [0.25, 0.3) is 0 Å². The summed E-state index contributed by atoms with van der Waals surface area (Å²) in [6.45, 7) is 15.9. The van der Waals surface area contributed by atoms with Crippen LogP contribution in [-0.4, -0.2) is 41.2 Å². The lowest BCUT2D eigenvalue weighted by molar-refractivity contribution is -0.151. The van der Waals surface area contributed by atoms with Gasteiger partial charge in [0.25, 0.3) is 0 Å². The summed E-state index contributed by atoms with van der Waals surface area (Å²) in [5, 5.41) is 0. The first-order valence-corrected chi connectivity index (χ1v) is 11.2. The molecule has 0 saturated carbocycles. The molecule has 1 aromatic rings. The van der Waals surface area contributed by atoms with Gasteiger partial charge in [-0.05, 0) is 37.3 Å². The van der Waals surface area contributed by atoms with Crippen LogP contribution in [0.3, 0.4) is 0 Å². The van der Waals surface area contributed by atoms with Crippen molar-refractivity contribution in [3.63, 3.8) is 0 Å². The molecule has 1 aromatic carbocycles. The first-order valence-electron chi connectivity index (χ1n) is 11.2. The van der Waals surface area contributed by atoms with E-state index in [4.69, 9.17) is 0 Å². The zero-order chi connectivity index (χ0) is 21.3. The Hall–Kier alpha value is -1.84. The van der Waals surface area contributed by atoms with Crippen molar-refractivity contribution in [3.05, 3.63) is 34.9 Å². The molecule has 2 aliphatic rings. The van der Waals surface area contributed by atoms with Gasteiger partial charge >= 0.3 is 0 Å². The molecule has 0 N–H and O–H groups in total. The zero-order valence-corrected chi connectivity index (χ0v) is 19.0. The third-order valence-electron chi connectivity index (χ3n) is 5.49. The van der Waals surface area contributed by atoms with Gasteiger partial charge in [-0.1, -0.05) is 71.7 Å². The van der Waals surface area contributed by atoms with Crippen molar-refractivity contribution >= 4 is 11.8 Å². The summed E-state index contributed by atoms with van der Waals surface area (Å²) >= 11 is 0. The van der Waals surface area contributed by atoms with E-state index in [1.807, 2.05) is 37.5 Å². The van der Waals surface area contributed by atoms with Crippen LogP contribution < -0.4 is 0 Å². The Bertz CT molecular complexity index is 641. The highest BCUT2D eigenvalue weighted by Gasteiger charge is 2.39. The molecule has 2 atom stereocenters. The third-order valence-corrected chi connectivity index (χ3v) is 5.49. The summed E-state index contributed by atoms with van der Waals surface area (Å²) in [6, 6.07) is 6.53. The first kappa shape index (κ1) is 24.2. The van der Waals surface area contributed by atoms with Gasteiger partial charge in [0.1, 0.15) is 0 Å². The molecule has 28 heavy (non-hydrogen) atoms. The maximum absolute atomic E-state index is 12.9. The van der Waals surface area contributed by atoms with E-state index in [2.05, 4.69) is 39.0 Å². The second kappa shape index (κ2) is 11.9. The standard InChI is InChI=1S/C20H28N2O2.2C2H6/c1-4-6-15(5-2)20(24)21-12-18-17-11-14(3)7-8-16(17)9-10-22(18)19(23)13-21;2*1-2/h7-8,11,15,18H,4-6,9-10,12-13H2,1-3H3;2*1-2H3. The van der Waals surface area contributed by atoms with Gasteiger partial charge in [-0.3, -0.25) is 9.59 Å². The molecule has 0 aliphatic carbocycles. The lowest BCUT2D eigenvalue weighted by atomic mass is 9.89. The van der Waals surface area contributed by atoms with Crippen LogP contribution in [0.1, 0.15) is 83.5 Å². The Balaban J connectivity index is 0.000000921. The van der Waals surface area contributed by atoms with Crippen LogP contribution in [0.4, 0.5) is 0 Å². The largest absolute Gasteiger partial charge is 0.332 e. The molecule has 4 nitrogen and oxygen atoms in total. The second-order valence-corrected chi connectivity index (χ2v) is 7.17. The van der Waals surface area contributed by atoms with Gasteiger partial charge in [0.05, 0.1) is 12.6 Å². The molecule has 0 spiro atoms. The van der Waals surface area contributed by atoms with Crippen molar-refractivity contribution < 1.29 is 9.59 Å². The van der Waals surface area contributed by atoms with E-state index < -0.39 is 0 Å². The number of nitrogens with zero attached hydrogens (tertiary/aromatic N) is 2. The summed E-state index contributed by atoms with van der Waals surface area (Å²) in [7, 11) is 0. The molecule has 2 unspecified atom stereocenters. The second-order valence-electron chi connectivity index (χ2n) is 7.17. The van der Waals surface area contributed by atoms with Crippen LogP contribution in [0.2, 0.25) is 0 Å². The lowest BCUT2D eigenvalue weighted by Gasteiger charge is -2.45. The maximum atomic E-state index is 12.9. The van der Waals surface area contributed by atoms with Crippen LogP contribution in [0, 0.1) is 12.8 Å². The van der Waals surface area contributed by atoms with Crippen molar-refractivity contribution in [2.24, 2.45) is 5.92 Å². The summed E-state index contributed by atoms with van der Waals surface area (Å²) in [4.78, 5) is 29.3. The minimum atomic E-state index is 0.0259. The highest BCUT2D eigenvalue weighted by molar-refractivity contribution is 5.87. The average molecular weight is 389 g/mol. The number of piperazine rings is 1. The molecule has 0 radical (unpaired) electrons. The molecular weight excluding hydrogens is 348 g/mol. The molecular formula is C24H40N2O2. The van der Waals surface area contributed by atoms with E-state index in [1.54, 1.807) is 0 Å². The number of amides is 2. The van der Waals surface area contributed by atoms with E-state index in [9.17, 15) is 9.59 Å². The quantitative estimate of drug-likeness (QED) is 0.716. The number of carbonyl (C=O) groups is 2. The minimum absolute atomic E-state index is 0.0259. The minimum Gasteiger partial charge on any atom is -0.332 e.